The van der Waals surface area contributed by atoms with Gasteiger partial charge in [0.25, 0.3) is 0 Å². The molecule has 0 aromatic heterocycles. The van der Waals surface area contributed by atoms with Crippen molar-refractivity contribution in [2.24, 2.45) is 0 Å². The quantitative estimate of drug-likeness (QED) is 0.775. The van der Waals surface area contributed by atoms with Crippen molar-refractivity contribution in [3.05, 3.63) is 29.8 Å². The number of carbonyl (C=O) groups is 2. The molecule has 0 N–H and O–H groups in total. The van der Waals surface area contributed by atoms with Gasteiger partial charge in [-0.25, -0.2) is 0 Å². The summed E-state index contributed by atoms with van der Waals surface area (Å²) in [6, 6.07) is 7.65. The Bertz CT molecular complexity index is 500. The van der Waals surface area contributed by atoms with Gasteiger partial charge in [0.2, 0.25) is 6.29 Å². The van der Waals surface area contributed by atoms with E-state index in [0.717, 1.165) is 11.3 Å². The monoisotopic (exact) mass is 308 g/mol. The number of carbonyl (C=O) groups excluding carboxylic acids is 2. The van der Waals surface area contributed by atoms with Gasteiger partial charge < -0.3 is 18.9 Å². The third-order valence-corrected chi connectivity index (χ3v) is 3.18. The molecular weight excluding hydrogens is 288 g/mol. The molecule has 0 spiro atoms. The third kappa shape index (κ3) is 4.73. The Labute approximate surface area is 129 Å². The fourth-order valence-corrected chi connectivity index (χ4v) is 2.22. The Balaban J connectivity index is 1.90. The first-order valence-corrected chi connectivity index (χ1v) is 7.13. The molecule has 1 heterocycles. The van der Waals surface area contributed by atoms with Crippen molar-refractivity contribution in [3.63, 3.8) is 0 Å². The summed E-state index contributed by atoms with van der Waals surface area (Å²) in [6.07, 6.45) is -1.38. The zero-order valence-corrected chi connectivity index (χ0v) is 12.9. The van der Waals surface area contributed by atoms with E-state index in [1.807, 2.05) is 31.2 Å². The molecule has 1 aliphatic heterocycles. The number of aryl methyl sites for hydroxylation is 1. The maximum atomic E-state index is 11.1. The van der Waals surface area contributed by atoms with Crippen molar-refractivity contribution in [2.45, 2.75) is 45.7 Å². The van der Waals surface area contributed by atoms with E-state index < -0.39 is 24.3 Å². The van der Waals surface area contributed by atoms with Crippen LogP contribution in [0, 0.1) is 6.92 Å². The van der Waals surface area contributed by atoms with Gasteiger partial charge in [0.1, 0.15) is 12.4 Å². The Kier molecular flexibility index (Phi) is 5.38. The fraction of sp³-hybridized carbons (Fsp3) is 0.500. The van der Waals surface area contributed by atoms with Gasteiger partial charge in [0.15, 0.2) is 6.10 Å². The van der Waals surface area contributed by atoms with Crippen LogP contribution in [0.4, 0.5) is 0 Å². The second kappa shape index (κ2) is 7.26. The third-order valence-electron chi connectivity index (χ3n) is 3.18. The molecule has 3 atom stereocenters. The highest BCUT2D eigenvalue weighted by Crippen LogP contribution is 2.25. The van der Waals surface area contributed by atoms with E-state index in [4.69, 9.17) is 18.9 Å². The molecule has 0 amide bonds. The van der Waals surface area contributed by atoms with E-state index >= 15 is 0 Å². The van der Waals surface area contributed by atoms with Gasteiger partial charge >= 0.3 is 11.9 Å². The predicted octanol–water partition coefficient (Wildman–Crippen LogP) is 1.98. The van der Waals surface area contributed by atoms with E-state index in [2.05, 4.69) is 0 Å². The second-order valence-electron chi connectivity index (χ2n) is 5.24. The van der Waals surface area contributed by atoms with E-state index in [9.17, 15) is 9.59 Å². The van der Waals surface area contributed by atoms with Crippen LogP contribution in [-0.2, 0) is 23.8 Å². The maximum Gasteiger partial charge on any atom is 0.305 e. The molecular formula is C16H20O6. The lowest BCUT2D eigenvalue weighted by atomic mass is 10.2. The Morgan fingerprint density at radius 1 is 1.14 bits per heavy atom. The molecule has 2 rings (SSSR count). The van der Waals surface area contributed by atoms with Gasteiger partial charge in [-0.05, 0) is 19.1 Å². The second-order valence-corrected chi connectivity index (χ2v) is 5.24. The van der Waals surface area contributed by atoms with Crippen molar-refractivity contribution in [3.8, 4) is 5.75 Å². The Hall–Kier alpha value is -2.08. The number of ether oxygens (including phenoxy) is 4. The van der Waals surface area contributed by atoms with Gasteiger partial charge in [-0.15, -0.1) is 0 Å². The Morgan fingerprint density at radius 2 is 1.77 bits per heavy atom. The van der Waals surface area contributed by atoms with Gasteiger partial charge in [-0.1, -0.05) is 17.7 Å². The maximum absolute atomic E-state index is 11.1. The highest BCUT2D eigenvalue weighted by molar-refractivity contribution is 5.67. The lowest BCUT2D eigenvalue weighted by Gasteiger charge is -2.17. The first-order chi connectivity index (χ1) is 10.4. The molecule has 1 aliphatic rings. The molecule has 1 fully saturated rings. The smallest absolute Gasteiger partial charge is 0.305 e. The highest BCUT2D eigenvalue weighted by Gasteiger charge is 2.40. The predicted molar refractivity (Wildman–Crippen MR) is 77.3 cm³/mol. The zero-order chi connectivity index (χ0) is 16.1. The lowest BCUT2D eigenvalue weighted by Crippen LogP contribution is -2.30. The largest absolute Gasteiger partial charge is 0.491 e. The number of benzene rings is 1. The summed E-state index contributed by atoms with van der Waals surface area (Å²) >= 11 is 0. The summed E-state index contributed by atoms with van der Waals surface area (Å²) in [5, 5.41) is 0. The van der Waals surface area contributed by atoms with Crippen molar-refractivity contribution in [1.29, 1.82) is 0 Å². The summed E-state index contributed by atoms with van der Waals surface area (Å²) in [4.78, 5) is 22.2. The van der Waals surface area contributed by atoms with Crippen LogP contribution in [0.1, 0.15) is 25.8 Å². The molecule has 0 radical (unpaired) electrons. The van der Waals surface area contributed by atoms with Crippen LogP contribution in [0.5, 0.6) is 5.75 Å². The number of rotatable bonds is 5. The molecule has 6 nitrogen and oxygen atoms in total. The molecule has 1 aromatic rings. The van der Waals surface area contributed by atoms with Crippen LogP contribution in [0.25, 0.3) is 0 Å². The van der Waals surface area contributed by atoms with Gasteiger partial charge in [0.05, 0.1) is 6.10 Å². The van der Waals surface area contributed by atoms with Crippen molar-refractivity contribution < 1.29 is 28.5 Å². The van der Waals surface area contributed by atoms with Crippen LogP contribution in [0.15, 0.2) is 24.3 Å². The molecule has 0 bridgehead atoms. The normalized spacial score (nSPS) is 23.9. The zero-order valence-electron chi connectivity index (χ0n) is 12.9. The van der Waals surface area contributed by atoms with E-state index in [-0.39, 0.29) is 6.10 Å². The van der Waals surface area contributed by atoms with Crippen LogP contribution >= 0.6 is 0 Å². The average molecular weight is 308 g/mol. The Morgan fingerprint density at radius 3 is 2.36 bits per heavy atom. The molecule has 0 saturated carbocycles. The standard InChI is InChI=1S/C16H20O6/c1-10-4-6-13(7-5-10)19-9-14-8-15(20-11(2)17)16(22-14)21-12(3)18/h4-7,14-16H,8-9H2,1-3H3/t14-,15+,16?/m0/s1. The molecule has 120 valence electrons. The summed E-state index contributed by atoms with van der Waals surface area (Å²) in [6.45, 7) is 4.88. The number of hydrogen-bond donors (Lipinski definition) is 0. The summed E-state index contributed by atoms with van der Waals surface area (Å²) < 4.78 is 21.4. The summed E-state index contributed by atoms with van der Waals surface area (Å²) in [5.74, 6) is -0.192. The minimum atomic E-state index is -0.881. The average Bonchev–Trinajstić information content (AvgIpc) is 2.79. The first-order valence-electron chi connectivity index (χ1n) is 7.13. The molecule has 1 saturated heterocycles. The number of hydrogen-bond acceptors (Lipinski definition) is 6. The molecule has 1 unspecified atom stereocenters. The topological polar surface area (TPSA) is 71.1 Å². The molecule has 6 heteroatoms. The summed E-state index contributed by atoms with van der Waals surface area (Å²) in [5.41, 5.74) is 1.15. The first kappa shape index (κ1) is 16.3. The van der Waals surface area contributed by atoms with Gasteiger partial charge in [-0.2, -0.15) is 0 Å². The minimum Gasteiger partial charge on any atom is -0.491 e. The van der Waals surface area contributed by atoms with Crippen molar-refractivity contribution in [1.82, 2.24) is 0 Å². The number of esters is 2. The SMILES string of the molecule is CC(=O)OC1O[C@H](COc2ccc(C)cc2)C[C@H]1OC(C)=O. The van der Waals surface area contributed by atoms with Crippen molar-refractivity contribution >= 4 is 11.9 Å². The van der Waals surface area contributed by atoms with E-state index in [1.165, 1.54) is 13.8 Å². The van der Waals surface area contributed by atoms with Crippen LogP contribution in [0.3, 0.4) is 0 Å². The van der Waals surface area contributed by atoms with E-state index in [1.54, 1.807) is 0 Å². The van der Waals surface area contributed by atoms with Gasteiger partial charge in [-0.3, -0.25) is 9.59 Å². The molecule has 1 aromatic carbocycles. The van der Waals surface area contributed by atoms with Crippen LogP contribution in [0.2, 0.25) is 0 Å². The highest BCUT2D eigenvalue weighted by atomic mass is 16.7. The summed E-state index contributed by atoms with van der Waals surface area (Å²) in [7, 11) is 0. The fourth-order valence-electron chi connectivity index (χ4n) is 2.22. The van der Waals surface area contributed by atoms with E-state index in [0.29, 0.717) is 13.0 Å². The van der Waals surface area contributed by atoms with Crippen molar-refractivity contribution in [2.75, 3.05) is 6.61 Å². The lowest BCUT2D eigenvalue weighted by molar-refractivity contribution is -0.195. The van der Waals surface area contributed by atoms with Crippen LogP contribution in [-0.4, -0.2) is 37.0 Å². The minimum absolute atomic E-state index is 0.290. The van der Waals surface area contributed by atoms with Gasteiger partial charge in [0, 0.05) is 20.3 Å². The van der Waals surface area contributed by atoms with Crippen LogP contribution < -0.4 is 4.74 Å². The molecule has 0 aliphatic carbocycles. The molecule has 22 heavy (non-hydrogen) atoms.